The maximum atomic E-state index is 14.9. The van der Waals surface area contributed by atoms with Crippen molar-refractivity contribution in [3.05, 3.63) is 96.1 Å². The van der Waals surface area contributed by atoms with Crippen molar-refractivity contribution in [2.75, 3.05) is 26.9 Å². The van der Waals surface area contributed by atoms with Crippen LogP contribution in [0.4, 0.5) is 0 Å². The number of nitrogens with one attached hydrogen (secondary N) is 1. The van der Waals surface area contributed by atoms with E-state index in [1.165, 1.54) is 12.0 Å². The molecule has 2 fully saturated rings. The molecule has 11 nitrogen and oxygen atoms in total. The summed E-state index contributed by atoms with van der Waals surface area (Å²) in [4.78, 5) is 60.6. The van der Waals surface area contributed by atoms with E-state index in [9.17, 15) is 24.3 Å². The highest BCUT2D eigenvalue weighted by Crippen LogP contribution is 2.54. The van der Waals surface area contributed by atoms with Crippen molar-refractivity contribution in [1.82, 2.24) is 15.1 Å². The summed E-state index contributed by atoms with van der Waals surface area (Å²) in [6.07, 6.45) is 6.46. The lowest BCUT2D eigenvalue weighted by molar-refractivity contribution is -0.163. The predicted octanol–water partition coefficient (Wildman–Crippen LogP) is 3.34. The van der Waals surface area contributed by atoms with Crippen LogP contribution in [0.25, 0.3) is 0 Å². The van der Waals surface area contributed by atoms with Crippen molar-refractivity contribution in [2.24, 2.45) is 17.8 Å². The van der Waals surface area contributed by atoms with Gasteiger partial charge in [0.15, 0.2) is 0 Å². The molecule has 50 heavy (non-hydrogen) atoms. The smallest absolute Gasteiger partial charge is 0.313 e. The van der Waals surface area contributed by atoms with Crippen LogP contribution in [0.5, 0.6) is 0 Å². The third-order valence-corrected chi connectivity index (χ3v) is 10.6. The van der Waals surface area contributed by atoms with Gasteiger partial charge >= 0.3 is 5.97 Å². The zero-order valence-corrected chi connectivity index (χ0v) is 28.9. The summed E-state index contributed by atoms with van der Waals surface area (Å²) in [5, 5.41) is 13.7. The summed E-state index contributed by atoms with van der Waals surface area (Å²) in [6, 6.07) is 16.2. The zero-order chi connectivity index (χ0) is 35.4. The first-order valence-electron chi connectivity index (χ1n) is 17.6. The number of carbonyl (C=O) groups is 4. The third-order valence-electron chi connectivity index (χ3n) is 10.6. The van der Waals surface area contributed by atoms with E-state index < -0.39 is 59.6 Å². The molecule has 6 rings (SSSR count). The highest BCUT2D eigenvalue weighted by atomic mass is 16.6. The predicted molar refractivity (Wildman–Crippen MR) is 184 cm³/mol. The Kier molecular flexibility index (Phi) is 10.9. The molecule has 2 aromatic carbocycles. The van der Waals surface area contributed by atoms with Gasteiger partial charge in [-0.05, 0) is 23.5 Å². The lowest BCUT2D eigenvalue weighted by Crippen LogP contribution is -2.59. The van der Waals surface area contributed by atoms with E-state index >= 15 is 0 Å². The van der Waals surface area contributed by atoms with E-state index in [1.54, 1.807) is 23.1 Å². The number of benzene rings is 2. The second kappa shape index (κ2) is 15.3. The largest absolute Gasteiger partial charge is 0.455 e. The summed E-state index contributed by atoms with van der Waals surface area (Å²) in [5.74, 6) is -4.04. The molecule has 11 heteroatoms. The first-order valence-corrected chi connectivity index (χ1v) is 17.6. The number of allylic oxidation sites excluding steroid dienone is 1. The number of ether oxygens (including phenoxy) is 3. The number of hydrogen-bond acceptors (Lipinski definition) is 8. The number of amides is 3. The number of carbonyl (C=O) groups excluding carboxylic acids is 4. The second-order valence-electron chi connectivity index (χ2n) is 13.7. The first kappa shape index (κ1) is 35.5. The van der Waals surface area contributed by atoms with Gasteiger partial charge in [0.2, 0.25) is 17.7 Å². The van der Waals surface area contributed by atoms with E-state index in [4.69, 9.17) is 14.2 Å². The monoisotopic (exact) mass is 685 g/mol. The topological polar surface area (TPSA) is 135 Å². The Balaban J connectivity index is 1.46. The molecule has 9 atom stereocenters. The van der Waals surface area contributed by atoms with Gasteiger partial charge in [-0.3, -0.25) is 19.2 Å². The first-order chi connectivity index (χ1) is 24.2. The van der Waals surface area contributed by atoms with E-state index in [1.807, 2.05) is 80.6 Å². The van der Waals surface area contributed by atoms with Crippen molar-refractivity contribution in [3.63, 3.8) is 0 Å². The lowest BCUT2D eigenvalue weighted by atomic mass is 9.77. The van der Waals surface area contributed by atoms with Gasteiger partial charge in [0.1, 0.15) is 23.7 Å². The normalized spacial score (nSPS) is 31.7. The molecule has 3 amide bonds. The SMILES string of the molecule is CC[C@H](C)[C@H](CO)N1C(=O)[C@H]2[C@@H]3C(=O)O[C@@H](c4ccccc4)[C@H](COC)NC(=O)CC/C=C\[C@@H]3O[C@]23C=CCN(Cc2ccccc2)C(=O)[C@H]13. The van der Waals surface area contributed by atoms with Crippen molar-refractivity contribution >= 4 is 23.7 Å². The molecule has 4 aliphatic rings. The fraction of sp³-hybridized carbons (Fsp3) is 0.487. The quantitative estimate of drug-likeness (QED) is 0.304. The van der Waals surface area contributed by atoms with Crippen LogP contribution >= 0.6 is 0 Å². The number of cyclic esters (lactones) is 1. The lowest BCUT2D eigenvalue weighted by Gasteiger charge is -2.40. The van der Waals surface area contributed by atoms with Crippen LogP contribution in [-0.2, 0) is 39.9 Å². The Morgan fingerprint density at radius 2 is 1.74 bits per heavy atom. The molecule has 4 heterocycles. The van der Waals surface area contributed by atoms with Crippen molar-refractivity contribution < 1.29 is 38.5 Å². The average molecular weight is 686 g/mol. The summed E-state index contributed by atoms with van der Waals surface area (Å²) in [6.45, 7) is 4.22. The third kappa shape index (κ3) is 6.61. The Labute approximate surface area is 293 Å². The number of aliphatic hydroxyl groups is 1. The number of aliphatic hydroxyl groups excluding tert-OH is 1. The van der Waals surface area contributed by atoms with Gasteiger partial charge in [-0.25, -0.2) is 0 Å². The summed E-state index contributed by atoms with van der Waals surface area (Å²) < 4.78 is 18.7. The van der Waals surface area contributed by atoms with Gasteiger partial charge in [-0.1, -0.05) is 105 Å². The number of hydrogen-bond donors (Lipinski definition) is 2. The van der Waals surface area contributed by atoms with Crippen LogP contribution in [0.2, 0.25) is 0 Å². The van der Waals surface area contributed by atoms with Crippen LogP contribution in [0.15, 0.2) is 85.0 Å². The van der Waals surface area contributed by atoms with E-state index in [0.717, 1.165) is 5.56 Å². The highest BCUT2D eigenvalue weighted by Gasteiger charge is 2.72. The molecule has 1 spiro atoms. The molecule has 2 N–H and O–H groups in total. The summed E-state index contributed by atoms with van der Waals surface area (Å²) in [5.41, 5.74) is 0.0669. The molecule has 4 aliphatic heterocycles. The minimum absolute atomic E-state index is 0.0722. The fourth-order valence-corrected chi connectivity index (χ4v) is 7.99. The van der Waals surface area contributed by atoms with Crippen molar-refractivity contribution in [2.45, 2.75) is 75.6 Å². The summed E-state index contributed by atoms with van der Waals surface area (Å²) >= 11 is 0. The molecule has 0 unspecified atom stereocenters. The van der Waals surface area contributed by atoms with Crippen LogP contribution in [0.1, 0.15) is 50.3 Å². The van der Waals surface area contributed by atoms with Crippen molar-refractivity contribution in [1.29, 1.82) is 0 Å². The Bertz CT molecular complexity index is 1600. The molecule has 266 valence electrons. The number of esters is 1. The molecular weight excluding hydrogens is 638 g/mol. The molecule has 2 saturated heterocycles. The van der Waals surface area contributed by atoms with Crippen LogP contribution in [0.3, 0.4) is 0 Å². The molecular formula is C39H47N3O8. The maximum absolute atomic E-state index is 14.9. The molecule has 0 aliphatic carbocycles. The maximum Gasteiger partial charge on any atom is 0.313 e. The second-order valence-corrected chi connectivity index (χ2v) is 13.7. The molecule has 0 bridgehead atoms. The van der Waals surface area contributed by atoms with E-state index in [-0.39, 0.29) is 43.9 Å². The fourth-order valence-electron chi connectivity index (χ4n) is 7.99. The number of fused-ring (bicyclic) bond motifs is 2. The van der Waals surface area contributed by atoms with Gasteiger partial charge in [0.25, 0.3) is 0 Å². The van der Waals surface area contributed by atoms with Gasteiger partial charge < -0.3 is 34.4 Å². The molecule has 0 radical (unpaired) electrons. The van der Waals surface area contributed by atoms with Crippen molar-refractivity contribution in [3.8, 4) is 0 Å². The number of methoxy groups -OCH3 is 1. The molecule has 2 aromatic rings. The number of rotatable bonds is 9. The van der Waals surface area contributed by atoms with Gasteiger partial charge in [0.05, 0.1) is 37.3 Å². The standard InChI is InChI=1S/C39H47N3O8/c1-4-25(2)29(23-43)42-35-37(46)41(22-26-14-7-5-8-15-26)21-13-20-39(35)33(36(42)45)32-30(50-39)18-11-12-19-31(44)40-28(24-48-3)34(49-38(32)47)27-16-9-6-10-17-27/h5-11,13-18,20,25,28-30,32-35,43H,4,12,19,21-24H2,1-3H3,(H,40,44)/b18-11-/t25-,28-,29-,30-,32+,33+,34-,35-,39+/m0/s1. The van der Waals surface area contributed by atoms with E-state index in [0.29, 0.717) is 24.9 Å². The van der Waals surface area contributed by atoms with Gasteiger partial charge in [0, 0.05) is 26.6 Å². The van der Waals surface area contributed by atoms with Gasteiger partial charge in [-0.15, -0.1) is 0 Å². The van der Waals surface area contributed by atoms with Crippen LogP contribution in [0, 0.1) is 17.8 Å². The minimum atomic E-state index is -1.51. The molecule has 0 saturated carbocycles. The molecule has 0 aromatic heterocycles. The Morgan fingerprint density at radius 1 is 1.02 bits per heavy atom. The Morgan fingerprint density at radius 3 is 2.42 bits per heavy atom. The highest BCUT2D eigenvalue weighted by molar-refractivity contribution is 5.99. The van der Waals surface area contributed by atoms with Gasteiger partial charge in [-0.2, -0.15) is 0 Å². The van der Waals surface area contributed by atoms with Crippen LogP contribution in [-0.4, -0.2) is 95.3 Å². The van der Waals surface area contributed by atoms with E-state index in [2.05, 4.69) is 5.32 Å². The summed E-state index contributed by atoms with van der Waals surface area (Å²) in [7, 11) is 1.51. The zero-order valence-electron chi connectivity index (χ0n) is 28.9. The minimum Gasteiger partial charge on any atom is -0.455 e. The Hall–Kier alpha value is -4.32. The number of nitrogens with zero attached hydrogens (tertiary/aromatic N) is 2. The average Bonchev–Trinajstić information content (AvgIpc) is 3.52. The number of likely N-dealkylation sites (tertiary alicyclic amines) is 1. The van der Waals surface area contributed by atoms with Crippen LogP contribution < -0.4 is 5.32 Å².